The topological polar surface area (TPSA) is 0 Å². The van der Waals surface area contributed by atoms with Gasteiger partial charge in [-0.3, -0.25) is 0 Å². The van der Waals surface area contributed by atoms with E-state index in [2.05, 4.69) is 6.07 Å². The molecule has 0 spiro atoms. The third-order valence-corrected chi connectivity index (χ3v) is 2.88. The fraction of sp³-hybridized carbons (Fsp3) is 0. The minimum Gasteiger partial charge on any atom is -0.205 e. The van der Waals surface area contributed by atoms with Crippen LogP contribution in [0.2, 0.25) is 5.02 Å². The van der Waals surface area contributed by atoms with E-state index in [0.717, 1.165) is 5.39 Å². The highest BCUT2D eigenvalue weighted by Gasteiger charge is 2.04. The van der Waals surface area contributed by atoms with Gasteiger partial charge in [0.25, 0.3) is 0 Å². The number of hydrogen-bond acceptors (Lipinski definition) is 1. The van der Waals surface area contributed by atoms with Gasteiger partial charge in [0, 0.05) is 10.8 Å². The normalized spacial score (nSPS) is 10.7. The van der Waals surface area contributed by atoms with Crippen molar-refractivity contribution >= 4 is 33.0 Å². The first kappa shape index (κ1) is 7.07. The van der Waals surface area contributed by atoms with E-state index in [1.54, 1.807) is 11.4 Å². The Kier molecular flexibility index (Phi) is 1.59. The first-order chi connectivity index (χ1) is 5.29. The average Bonchev–Trinajstić information content (AvgIpc) is 2.35. The number of benzene rings is 1. The summed E-state index contributed by atoms with van der Waals surface area (Å²) in [6.45, 7) is 0. The molecule has 0 aliphatic heterocycles. The van der Waals surface area contributed by atoms with E-state index < -0.39 is 0 Å². The number of halogens is 2. The summed E-state index contributed by atoms with van der Waals surface area (Å²) < 4.78 is 13.5. The molecule has 0 nitrogen and oxygen atoms in total. The van der Waals surface area contributed by atoms with E-state index in [9.17, 15) is 4.39 Å². The molecule has 0 atom stereocenters. The van der Waals surface area contributed by atoms with Crippen LogP contribution in [0.4, 0.5) is 4.39 Å². The maximum absolute atomic E-state index is 12.9. The second kappa shape index (κ2) is 2.47. The Morgan fingerprint density at radius 3 is 3.00 bits per heavy atom. The number of rotatable bonds is 0. The maximum atomic E-state index is 12.9. The molecule has 0 amide bonds. The Morgan fingerprint density at radius 2 is 2.27 bits per heavy atom. The van der Waals surface area contributed by atoms with E-state index in [1.807, 2.05) is 0 Å². The van der Waals surface area contributed by atoms with Gasteiger partial charge >= 0.3 is 0 Å². The molecule has 3 heteroatoms. The molecule has 55 valence electrons. The molecule has 1 radical (unpaired) electrons. The van der Waals surface area contributed by atoms with Crippen LogP contribution in [0, 0.1) is 11.9 Å². The van der Waals surface area contributed by atoms with Crippen molar-refractivity contribution in [2.24, 2.45) is 0 Å². The van der Waals surface area contributed by atoms with Crippen molar-refractivity contribution in [1.82, 2.24) is 0 Å². The monoisotopic (exact) mass is 185 g/mol. The molecule has 0 N–H and O–H groups in total. The van der Waals surface area contributed by atoms with Gasteiger partial charge in [0.1, 0.15) is 5.82 Å². The van der Waals surface area contributed by atoms with Gasteiger partial charge in [0.15, 0.2) is 0 Å². The standard InChI is InChI=1S/C8H3ClFS/c9-6-4-11-8-5(6)2-1-3-7(8)10/h2-4H. The zero-order valence-electron chi connectivity index (χ0n) is 5.40. The van der Waals surface area contributed by atoms with Gasteiger partial charge in [-0.25, -0.2) is 4.39 Å². The zero-order chi connectivity index (χ0) is 7.84. The molecule has 0 fully saturated rings. The van der Waals surface area contributed by atoms with Crippen LogP contribution in [-0.2, 0) is 0 Å². The summed E-state index contributed by atoms with van der Waals surface area (Å²) in [5, 5.41) is 3.07. The maximum Gasteiger partial charge on any atom is 0.141 e. The van der Waals surface area contributed by atoms with E-state index in [1.165, 1.54) is 17.4 Å². The lowest BCUT2D eigenvalue weighted by molar-refractivity contribution is 0.641. The number of hydrogen-bond donors (Lipinski definition) is 0. The molecule has 1 aromatic heterocycles. The van der Waals surface area contributed by atoms with Crippen LogP contribution in [0.15, 0.2) is 17.5 Å². The van der Waals surface area contributed by atoms with Gasteiger partial charge in [-0.1, -0.05) is 11.6 Å². The van der Waals surface area contributed by atoms with E-state index in [-0.39, 0.29) is 5.82 Å². The minimum absolute atomic E-state index is 0.251. The number of fused-ring (bicyclic) bond motifs is 1. The highest BCUT2D eigenvalue weighted by Crippen LogP contribution is 2.30. The summed E-state index contributed by atoms with van der Waals surface area (Å²) >= 11 is 7.08. The van der Waals surface area contributed by atoms with Crippen LogP contribution >= 0.6 is 22.9 Å². The first-order valence-corrected chi connectivity index (χ1v) is 4.27. The molecule has 2 rings (SSSR count). The molecule has 0 unspecified atom stereocenters. The molecular formula is C8H3ClFS. The highest BCUT2D eigenvalue weighted by molar-refractivity contribution is 7.17. The molecule has 0 aliphatic rings. The fourth-order valence-corrected chi connectivity index (χ4v) is 2.08. The quantitative estimate of drug-likeness (QED) is 0.590. The van der Waals surface area contributed by atoms with Crippen LogP contribution in [0.1, 0.15) is 0 Å². The van der Waals surface area contributed by atoms with Gasteiger partial charge in [-0.15, -0.1) is 11.3 Å². The van der Waals surface area contributed by atoms with Gasteiger partial charge in [-0.2, -0.15) is 0 Å². The van der Waals surface area contributed by atoms with Gasteiger partial charge in [0.2, 0.25) is 0 Å². The zero-order valence-corrected chi connectivity index (χ0v) is 6.97. The molecular weight excluding hydrogens is 183 g/mol. The van der Waals surface area contributed by atoms with Crippen molar-refractivity contribution in [3.63, 3.8) is 0 Å². The Hall–Kier alpha value is -0.600. The molecule has 0 saturated heterocycles. The molecule has 2 aromatic rings. The Labute approximate surface area is 72.2 Å². The lowest BCUT2D eigenvalue weighted by atomic mass is 10.2. The van der Waals surface area contributed by atoms with Gasteiger partial charge in [-0.05, 0) is 18.2 Å². The van der Waals surface area contributed by atoms with Crippen molar-refractivity contribution in [2.45, 2.75) is 0 Å². The van der Waals surface area contributed by atoms with Crippen molar-refractivity contribution in [3.8, 4) is 0 Å². The van der Waals surface area contributed by atoms with Crippen LogP contribution < -0.4 is 0 Å². The summed E-state index contributed by atoms with van der Waals surface area (Å²) in [5.74, 6) is -0.251. The van der Waals surface area contributed by atoms with Crippen molar-refractivity contribution in [3.05, 3.63) is 34.4 Å². The van der Waals surface area contributed by atoms with E-state index >= 15 is 0 Å². The van der Waals surface area contributed by atoms with Gasteiger partial charge in [0.05, 0.1) is 9.72 Å². The molecule has 0 saturated carbocycles. The molecule has 1 aromatic carbocycles. The predicted octanol–water partition coefficient (Wildman–Crippen LogP) is 3.49. The lowest BCUT2D eigenvalue weighted by Crippen LogP contribution is -1.71. The molecule has 11 heavy (non-hydrogen) atoms. The smallest absolute Gasteiger partial charge is 0.141 e. The lowest BCUT2D eigenvalue weighted by Gasteiger charge is -1.89. The van der Waals surface area contributed by atoms with Crippen LogP contribution in [0.3, 0.4) is 0 Å². The Balaban J connectivity index is 2.94. The number of thiophene rings is 1. The average molecular weight is 186 g/mol. The summed E-state index contributed by atoms with van der Waals surface area (Å²) in [4.78, 5) is 0. The van der Waals surface area contributed by atoms with Gasteiger partial charge < -0.3 is 0 Å². The second-order valence-electron chi connectivity index (χ2n) is 2.13. The highest BCUT2D eigenvalue weighted by atomic mass is 35.5. The molecule has 1 heterocycles. The second-order valence-corrected chi connectivity index (χ2v) is 3.42. The van der Waals surface area contributed by atoms with E-state index in [0.29, 0.717) is 9.72 Å². The van der Waals surface area contributed by atoms with Crippen molar-refractivity contribution < 1.29 is 4.39 Å². The van der Waals surface area contributed by atoms with Crippen molar-refractivity contribution in [1.29, 1.82) is 0 Å². The van der Waals surface area contributed by atoms with Crippen LogP contribution in [-0.4, -0.2) is 0 Å². The summed E-state index contributed by atoms with van der Waals surface area (Å²) in [6, 6.07) is 5.68. The molecule has 0 aliphatic carbocycles. The van der Waals surface area contributed by atoms with E-state index in [4.69, 9.17) is 11.6 Å². The predicted molar refractivity (Wildman–Crippen MR) is 45.6 cm³/mol. The largest absolute Gasteiger partial charge is 0.205 e. The Morgan fingerprint density at radius 1 is 1.45 bits per heavy atom. The first-order valence-electron chi connectivity index (χ1n) is 3.01. The van der Waals surface area contributed by atoms with Crippen molar-refractivity contribution in [2.75, 3.05) is 0 Å². The third kappa shape index (κ3) is 1.03. The summed E-state index contributed by atoms with van der Waals surface area (Å²) in [6.07, 6.45) is 0. The van der Waals surface area contributed by atoms with Crippen LogP contribution in [0.25, 0.3) is 10.1 Å². The van der Waals surface area contributed by atoms with Crippen LogP contribution in [0.5, 0.6) is 0 Å². The fourth-order valence-electron chi connectivity index (χ4n) is 0.929. The third-order valence-electron chi connectivity index (χ3n) is 1.44. The molecule has 0 bridgehead atoms. The SMILES string of the molecule is Fc1c[c]cc2c(Cl)csc12. The Bertz CT molecular complexity index is 394. The summed E-state index contributed by atoms with van der Waals surface area (Å²) in [5.41, 5.74) is 0. The minimum atomic E-state index is -0.251. The summed E-state index contributed by atoms with van der Waals surface area (Å²) in [7, 11) is 0.